The molecule has 0 saturated heterocycles. The van der Waals surface area contributed by atoms with Gasteiger partial charge in [0, 0.05) is 23.1 Å². The number of nitrogens with zero attached hydrogens (tertiary/aromatic N) is 2. The molecule has 0 atom stereocenters. The quantitative estimate of drug-likeness (QED) is 0.481. The summed E-state index contributed by atoms with van der Waals surface area (Å²) in [6.07, 6.45) is 1.53. The Morgan fingerprint density at radius 3 is 2.23 bits per heavy atom. The van der Waals surface area contributed by atoms with Crippen molar-refractivity contribution in [3.05, 3.63) is 95.5 Å². The molecule has 31 heavy (non-hydrogen) atoms. The van der Waals surface area contributed by atoms with Crippen LogP contribution < -0.4 is 16.2 Å². The van der Waals surface area contributed by atoms with Crippen LogP contribution in [0.4, 0.5) is 17.1 Å². The van der Waals surface area contributed by atoms with E-state index in [0.717, 1.165) is 11.4 Å². The first-order chi connectivity index (χ1) is 14.9. The van der Waals surface area contributed by atoms with Crippen LogP contribution in [0.5, 0.6) is 0 Å². The highest BCUT2D eigenvalue weighted by Gasteiger charge is 2.32. The van der Waals surface area contributed by atoms with Crippen LogP contribution in [0.2, 0.25) is 0 Å². The van der Waals surface area contributed by atoms with Crippen molar-refractivity contribution in [3.8, 4) is 11.5 Å². The molecule has 7 nitrogen and oxygen atoms in total. The van der Waals surface area contributed by atoms with Crippen molar-refractivity contribution in [2.45, 2.75) is 19.4 Å². The first kappa shape index (κ1) is 20.2. The molecule has 4 rings (SSSR count). The molecule has 2 aromatic heterocycles. The van der Waals surface area contributed by atoms with Gasteiger partial charge in [-0.25, -0.2) is 4.68 Å². The molecule has 0 spiro atoms. The summed E-state index contributed by atoms with van der Waals surface area (Å²) in [6, 6.07) is 23.6. The summed E-state index contributed by atoms with van der Waals surface area (Å²) in [6.45, 7) is 3.29. The molecule has 0 aliphatic heterocycles. The van der Waals surface area contributed by atoms with Gasteiger partial charge in [-0.15, -0.1) is 0 Å². The first-order valence-corrected chi connectivity index (χ1v) is 9.82. The number of furan rings is 1. The Bertz CT molecular complexity index is 1230. The monoisotopic (exact) mass is 414 g/mol. The van der Waals surface area contributed by atoms with E-state index in [9.17, 15) is 9.59 Å². The van der Waals surface area contributed by atoms with Gasteiger partial charge in [0.1, 0.15) is 11.2 Å². The van der Waals surface area contributed by atoms with E-state index in [-0.39, 0.29) is 11.5 Å². The van der Waals surface area contributed by atoms with Crippen molar-refractivity contribution in [1.29, 1.82) is 0 Å². The van der Waals surface area contributed by atoms with E-state index in [1.807, 2.05) is 42.5 Å². The maximum atomic E-state index is 13.0. The summed E-state index contributed by atoms with van der Waals surface area (Å²) in [4.78, 5) is 25.5. The number of aromatic nitrogens is 2. The number of anilines is 3. The minimum Gasteiger partial charge on any atom is -0.463 e. The van der Waals surface area contributed by atoms with Crippen molar-refractivity contribution < 1.29 is 9.21 Å². The summed E-state index contributed by atoms with van der Waals surface area (Å²) < 4.78 is 6.52. The molecule has 2 heterocycles. The number of hydrogen-bond donors (Lipinski definition) is 2. The Hall–Kier alpha value is -4.13. The molecule has 7 heteroatoms. The molecule has 2 aromatic carbocycles. The zero-order valence-electron chi connectivity index (χ0n) is 17.2. The lowest BCUT2D eigenvalue weighted by atomic mass is 10.0. The van der Waals surface area contributed by atoms with Crippen molar-refractivity contribution in [2.24, 2.45) is 0 Å². The standard InChI is InChI=1S/C24H22N4O3/c1-24(2,28-22(29)15-14-20(27-28)21-9-6-16-31-21)23(30)26-19-12-10-18(11-13-19)25-17-7-4-3-5-8-17/h3-16,25H,1-2H3,(H,26,30). The van der Waals surface area contributed by atoms with Crippen LogP contribution in [0.15, 0.2) is 94.3 Å². The maximum absolute atomic E-state index is 13.0. The highest BCUT2D eigenvalue weighted by Crippen LogP contribution is 2.22. The molecule has 0 aliphatic carbocycles. The van der Waals surface area contributed by atoms with E-state index in [1.54, 1.807) is 44.2 Å². The lowest BCUT2D eigenvalue weighted by Crippen LogP contribution is -2.47. The van der Waals surface area contributed by atoms with Crippen LogP contribution in [0.25, 0.3) is 11.5 Å². The Kier molecular flexibility index (Phi) is 5.41. The van der Waals surface area contributed by atoms with Crippen molar-refractivity contribution in [3.63, 3.8) is 0 Å². The summed E-state index contributed by atoms with van der Waals surface area (Å²) in [5.74, 6) is 0.161. The average molecular weight is 414 g/mol. The Morgan fingerprint density at radius 2 is 1.55 bits per heavy atom. The molecule has 1 amide bonds. The average Bonchev–Trinajstić information content (AvgIpc) is 3.31. The predicted molar refractivity (Wildman–Crippen MR) is 120 cm³/mol. The number of para-hydroxylation sites is 1. The summed E-state index contributed by atoms with van der Waals surface area (Å²) in [5, 5.41) is 10.5. The van der Waals surface area contributed by atoms with Crippen LogP contribution in [-0.2, 0) is 10.3 Å². The van der Waals surface area contributed by atoms with Crippen molar-refractivity contribution in [1.82, 2.24) is 9.78 Å². The van der Waals surface area contributed by atoms with Gasteiger partial charge in [-0.2, -0.15) is 5.10 Å². The van der Waals surface area contributed by atoms with Gasteiger partial charge in [0.25, 0.3) is 11.5 Å². The van der Waals surface area contributed by atoms with Crippen molar-refractivity contribution >= 4 is 23.0 Å². The van der Waals surface area contributed by atoms with E-state index in [4.69, 9.17) is 4.42 Å². The molecule has 0 unspecified atom stereocenters. The second kappa shape index (κ2) is 8.31. The van der Waals surface area contributed by atoms with Crippen LogP contribution in [-0.4, -0.2) is 15.7 Å². The highest BCUT2D eigenvalue weighted by molar-refractivity contribution is 5.96. The molecule has 0 aliphatic rings. The number of rotatable bonds is 6. The van der Waals surface area contributed by atoms with E-state index >= 15 is 0 Å². The van der Waals surface area contributed by atoms with Crippen molar-refractivity contribution in [2.75, 3.05) is 10.6 Å². The molecular formula is C24H22N4O3. The highest BCUT2D eigenvalue weighted by atomic mass is 16.3. The smallest absolute Gasteiger partial charge is 0.267 e. The molecular weight excluding hydrogens is 392 g/mol. The van der Waals surface area contributed by atoms with E-state index in [2.05, 4.69) is 15.7 Å². The fraction of sp³-hybridized carbons (Fsp3) is 0.125. The number of benzene rings is 2. The third kappa shape index (κ3) is 4.40. The van der Waals surface area contributed by atoms with E-state index in [1.165, 1.54) is 17.0 Å². The van der Waals surface area contributed by atoms with Gasteiger partial charge in [-0.05, 0) is 68.4 Å². The topological polar surface area (TPSA) is 89.2 Å². The first-order valence-electron chi connectivity index (χ1n) is 9.82. The van der Waals surface area contributed by atoms with Gasteiger partial charge in [-0.1, -0.05) is 18.2 Å². The van der Waals surface area contributed by atoms with Gasteiger partial charge < -0.3 is 15.1 Å². The van der Waals surface area contributed by atoms with E-state index < -0.39 is 5.54 Å². The number of hydrogen-bond acceptors (Lipinski definition) is 5. The molecule has 0 radical (unpaired) electrons. The largest absolute Gasteiger partial charge is 0.463 e. The number of amides is 1. The maximum Gasteiger partial charge on any atom is 0.267 e. The third-order valence-corrected chi connectivity index (χ3v) is 4.86. The van der Waals surface area contributed by atoms with Gasteiger partial charge in [-0.3, -0.25) is 9.59 Å². The Balaban J connectivity index is 1.51. The third-order valence-electron chi connectivity index (χ3n) is 4.86. The number of carbonyl (C=O) groups excluding carboxylic acids is 1. The van der Waals surface area contributed by atoms with Gasteiger partial charge >= 0.3 is 0 Å². The zero-order chi connectivity index (χ0) is 21.8. The van der Waals surface area contributed by atoms with Crippen LogP contribution in [0.3, 0.4) is 0 Å². The molecule has 156 valence electrons. The zero-order valence-corrected chi connectivity index (χ0v) is 17.2. The summed E-state index contributed by atoms with van der Waals surface area (Å²) >= 11 is 0. The predicted octanol–water partition coefficient (Wildman–Crippen LogP) is 4.62. The molecule has 4 aromatic rings. The Labute approximate surface area is 179 Å². The summed E-state index contributed by atoms with van der Waals surface area (Å²) in [5.41, 5.74) is 1.36. The fourth-order valence-electron chi connectivity index (χ4n) is 3.07. The minimum absolute atomic E-state index is 0.359. The number of carbonyl (C=O) groups is 1. The molecule has 0 saturated carbocycles. The summed E-state index contributed by atoms with van der Waals surface area (Å²) in [7, 11) is 0. The van der Waals surface area contributed by atoms with Crippen LogP contribution >= 0.6 is 0 Å². The van der Waals surface area contributed by atoms with Gasteiger partial charge in [0.05, 0.1) is 6.26 Å². The van der Waals surface area contributed by atoms with Crippen LogP contribution in [0, 0.1) is 0 Å². The molecule has 2 N–H and O–H groups in total. The molecule has 0 bridgehead atoms. The van der Waals surface area contributed by atoms with Crippen LogP contribution in [0.1, 0.15) is 13.8 Å². The SMILES string of the molecule is CC(C)(C(=O)Nc1ccc(Nc2ccccc2)cc1)n1nc(-c2ccco2)ccc1=O. The van der Waals surface area contributed by atoms with E-state index in [0.29, 0.717) is 17.1 Å². The fourth-order valence-corrected chi connectivity index (χ4v) is 3.07. The normalized spacial score (nSPS) is 11.2. The van der Waals surface area contributed by atoms with Gasteiger partial charge in [0.2, 0.25) is 0 Å². The second-order valence-corrected chi connectivity index (χ2v) is 7.53. The number of nitrogens with one attached hydrogen (secondary N) is 2. The molecule has 0 fully saturated rings. The minimum atomic E-state index is -1.22. The lowest BCUT2D eigenvalue weighted by Gasteiger charge is -2.25. The lowest BCUT2D eigenvalue weighted by molar-refractivity contribution is -0.123. The van der Waals surface area contributed by atoms with Gasteiger partial charge in [0.15, 0.2) is 5.76 Å². The Morgan fingerprint density at radius 1 is 0.871 bits per heavy atom. The second-order valence-electron chi connectivity index (χ2n) is 7.53.